The van der Waals surface area contributed by atoms with Crippen LogP contribution in [0.1, 0.15) is 65.1 Å². The van der Waals surface area contributed by atoms with E-state index >= 15 is 0 Å². The number of halogens is 2. The van der Waals surface area contributed by atoms with E-state index in [1.807, 2.05) is 13.8 Å². The predicted molar refractivity (Wildman–Crippen MR) is 142 cm³/mol. The van der Waals surface area contributed by atoms with Crippen molar-refractivity contribution in [2.24, 2.45) is 0 Å². The highest BCUT2D eigenvalue weighted by Crippen LogP contribution is 2.48. The van der Waals surface area contributed by atoms with E-state index in [9.17, 15) is 28.7 Å². The first-order valence-corrected chi connectivity index (χ1v) is 13.9. The Morgan fingerprint density at radius 1 is 1.15 bits per heavy atom. The lowest BCUT2D eigenvalue weighted by molar-refractivity contribution is -0.148. The molecule has 3 amide bonds. The number of amides is 3. The summed E-state index contributed by atoms with van der Waals surface area (Å²) in [5, 5.41) is 11.0. The third-order valence-electron chi connectivity index (χ3n) is 8.71. The molecule has 1 aromatic heterocycles. The Bertz CT molecular complexity index is 1490. The number of carbonyl (C=O) groups is 3. The van der Waals surface area contributed by atoms with Crippen molar-refractivity contribution in [1.82, 2.24) is 19.3 Å². The summed E-state index contributed by atoms with van der Waals surface area (Å²) in [7, 11) is 0. The molecule has 0 bridgehead atoms. The second-order valence-electron chi connectivity index (χ2n) is 11.2. The number of carbonyl (C=O) groups excluding carboxylic acids is 3. The molecule has 3 aliphatic heterocycles. The topological polar surface area (TPSA) is 112 Å². The van der Waals surface area contributed by atoms with E-state index in [2.05, 4.69) is 0 Å². The number of ether oxygens (including phenoxy) is 1. The fraction of sp³-hybridized carbons (Fsp3) is 0.500. The van der Waals surface area contributed by atoms with Gasteiger partial charge in [0.05, 0.1) is 35.9 Å². The van der Waals surface area contributed by atoms with Crippen LogP contribution in [0.25, 0.3) is 0 Å². The summed E-state index contributed by atoms with van der Waals surface area (Å²) in [5.41, 5.74) is -1.08. The highest BCUT2D eigenvalue weighted by molar-refractivity contribution is 6.30. The number of aromatic hydroxyl groups is 1. The lowest BCUT2D eigenvalue weighted by Gasteiger charge is -2.47. The van der Waals surface area contributed by atoms with Gasteiger partial charge in [-0.2, -0.15) is 0 Å². The Kier molecular flexibility index (Phi) is 6.42. The van der Waals surface area contributed by atoms with Gasteiger partial charge >= 0.3 is 0 Å². The highest BCUT2D eigenvalue weighted by Gasteiger charge is 2.57. The Morgan fingerprint density at radius 3 is 2.48 bits per heavy atom. The summed E-state index contributed by atoms with van der Waals surface area (Å²) >= 11 is 5.90. The van der Waals surface area contributed by atoms with E-state index < -0.39 is 34.6 Å². The number of hydrogen-bond acceptors (Lipinski definition) is 6. The van der Waals surface area contributed by atoms with Gasteiger partial charge in [0.25, 0.3) is 17.4 Å². The molecule has 212 valence electrons. The number of morpholine rings is 1. The third-order valence-corrected chi connectivity index (χ3v) is 9.00. The summed E-state index contributed by atoms with van der Waals surface area (Å²) in [4.78, 5) is 59.3. The molecule has 1 aliphatic carbocycles. The number of benzene rings is 1. The lowest BCUT2D eigenvalue weighted by atomic mass is 9.83. The fourth-order valence-electron chi connectivity index (χ4n) is 6.68. The number of rotatable bonds is 4. The number of pyridine rings is 1. The van der Waals surface area contributed by atoms with Crippen molar-refractivity contribution in [3.05, 3.63) is 61.8 Å². The summed E-state index contributed by atoms with van der Waals surface area (Å²) in [6, 6.07) is 3.82. The summed E-state index contributed by atoms with van der Waals surface area (Å²) in [6.07, 6.45) is 1.91. The van der Waals surface area contributed by atoms with Crippen LogP contribution in [0.5, 0.6) is 5.75 Å². The van der Waals surface area contributed by atoms with Crippen molar-refractivity contribution >= 4 is 29.3 Å². The molecule has 0 radical (unpaired) electrons. The molecular formula is C28H30ClFN4O6. The zero-order valence-electron chi connectivity index (χ0n) is 22.3. The second-order valence-corrected chi connectivity index (χ2v) is 11.6. The van der Waals surface area contributed by atoms with Crippen LogP contribution >= 0.6 is 11.6 Å². The molecule has 40 heavy (non-hydrogen) atoms. The molecule has 1 spiro atoms. The van der Waals surface area contributed by atoms with Gasteiger partial charge in [0.1, 0.15) is 23.7 Å². The van der Waals surface area contributed by atoms with E-state index in [0.29, 0.717) is 37.2 Å². The fourth-order valence-corrected chi connectivity index (χ4v) is 6.88. The molecule has 6 rings (SSSR count). The van der Waals surface area contributed by atoms with Crippen molar-refractivity contribution in [2.45, 2.75) is 63.8 Å². The maximum Gasteiger partial charge on any atom is 0.296 e. The van der Waals surface area contributed by atoms with Gasteiger partial charge in [-0.1, -0.05) is 17.7 Å². The van der Waals surface area contributed by atoms with Gasteiger partial charge in [0, 0.05) is 18.7 Å². The van der Waals surface area contributed by atoms with Crippen LogP contribution in [0.2, 0.25) is 5.02 Å². The molecule has 1 N–H and O–H groups in total. The van der Waals surface area contributed by atoms with Gasteiger partial charge in [0.2, 0.25) is 5.91 Å². The summed E-state index contributed by atoms with van der Waals surface area (Å²) in [6.45, 7) is 4.68. The smallest absolute Gasteiger partial charge is 0.296 e. The minimum atomic E-state index is -1.05. The molecular weight excluding hydrogens is 543 g/mol. The molecule has 1 saturated heterocycles. The zero-order valence-corrected chi connectivity index (χ0v) is 23.0. The number of aromatic nitrogens is 1. The van der Waals surface area contributed by atoms with Gasteiger partial charge < -0.3 is 24.5 Å². The molecule has 2 fully saturated rings. The normalized spacial score (nSPS) is 23.4. The molecule has 2 aromatic rings. The van der Waals surface area contributed by atoms with Crippen molar-refractivity contribution in [3.8, 4) is 5.75 Å². The van der Waals surface area contributed by atoms with Gasteiger partial charge in [-0.15, -0.1) is 0 Å². The van der Waals surface area contributed by atoms with Crippen LogP contribution in [-0.2, 0) is 28.2 Å². The Labute approximate surface area is 234 Å². The van der Waals surface area contributed by atoms with Crippen LogP contribution in [0.3, 0.4) is 0 Å². The minimum Gasteiger partial charge on any atom is -0.502 e. The number of fused-ring (bicyclic) bond motifs is 4. The molecule has 12 heteroatoms. The van der Waals surface area contributed by atoms with Crippen molar-refractivity contribution in [3.63, 3.8) is 0 Å². The quantitative estimate of drug-likeness (QED) is 0.602. The van der Waals surface area contributed by atoms with Gasteiger partial charge in [0.15, 0.2) is 5.75 Å². The Balaban J connectivity index is 1.36. The summed E-state index contributed by atoms with van der Waals surface area (Å²) < 4.78 is 20.5. The minimum absolute atomic E-state index is 0.0752. The van der Waals surface area contributed by atoms with Gasteiger partial charge in [-0.25, -0.2) is 4.39 Å². The van der Waals surface area contributed by atoms with Gasteiger partial charge in [-0.05, 0) is 57.2 Å². The monoisotopic (exact) mass is 572 g/mol. The molecule has 0 unspecified atom stereocenters. The maximum atomic E-state index is 14.0. The average Bonchev–Trinajstić information content (AvgIpc) is 3.14. The Morgan fingerprint density at radius 2 is 1.85 bits per heavy atom. The third kappa shape index (κ3) is 3.85. The van der Waals surface area contributed by atoms with Crippen LogP contribution in [0.4, 0.5) is 4.39 Å². The standard InChI is InChI=1S/C28H30ClFN4O6/c1-15-13-40-14-16(2)33(15)21(35)12-32-26(38)23-18-6-9-31(11-17-4-5-20(30)19(29)10-17)25(37)22(18)24(36)27(39)34(23)28(32)7-3-8-28/h4-5,10,15-16,36H,3,6-9,11-14H2,1-2H3/t15-,16-/m1/s1. The Hall–Kier alpha value is -3.44. The van der Waals surface area contributed by atoms with Gasteiger partial charge in [-0.3, -0.25) is 23.7 Å². The van der Waals surface area contributed by atoms with Crippen molar-refractivity contribution < 1.29 is 28.6 Å². The van der Waals surface area contributed by atoms with E-state index in [1.54, 1.807) is 4.90 Å². The van der Waals surface area contributed by atoms with E-state index in [1.165, 1.54) is 32.6 Å². The molecule has 4 aliphatic rings. The van der Waals surface area contributed by atoms with Crippen LogP contribution in [0.15, 0.2) is 23.0 Å². The second kappa shape index (κ2) is 9.59. The van der Waals surface area contributed by atoms with Crippen LogP contribution in [0, 0.1) is 5.82 Å². The maximum absolute atomic E-state index is 14.0. The molecule has 1 aromatic carbocycles. The molecule has 10 nitrogen and oxygen atoms in total. The van der Waals surface area contributed by atoms with Crippen molar-refractivity contribution in [1.29, 1.82) is 0 Å². The first kappa shape index (κ1) is 26.8. The van der Waals surface area contributed by atoms with E-state index in [-0.39, 0.29) is 60.3 Å². The number of nitrogens with zero attached hydrogens (tertiary/aromatic N) is 4. The largest absolute Gasteiger partial charge is 0.502 e. The predicted octanol–water partition coefficient (Wildman–Crippen LogP) is 2.47. The lowest BCUT2D eigenvalue weighted by Crippen LogP contribution is -2.60. The van der Waals surface area contributed by atoms with E-state index in [4.69, 9.17) is 16.3 Å². The molecule has 1 saturated carbocycles. The summed E-state index contributed by atoms with van der Waals surface area (Å²) in [5.74, 6) is -2.59. The van der Waals surface area contributed by atoms with Crippen LogP contribution in [-0.4, -0.2) is 80.5 Å². The average molecular weight is 573 g/mol. The first-order valence-electron chi connectivity index (χ1n) is 13.5. The number of hydrogen-bond donors (Lipinski definition) is 1. The zero-order chi connectivity index (χ0) is 28.5. The van der Waals surface area contributed by atoms with Crippen molar-refractivity contribution in [2.75, 3.05) is 26.3 Å². The molecule has 2 atom stereocenters. The first-order chi connectivity index (χ1) is 19.0. The molecule has 4 heterocycles. The highest BCUT2D eigenvalue weighted by atomic mass is 35.5. The SMILES string of the molecule is C[C@@H]1COC[C@@H](C)N1C(=O)CN1C(=O)c2c3c(c(O)c(=O)n2C12CCC2)C(=O)N(Cc1ccc(F)c(Cl)c1)CC3. The van der Waals surface area contributed by atoms with E-state index in [0.717, 1.165) is 6.42 Å². The van der Waals surface area contributed by atoms with Crippen LogP contribution < -0.4 is 5.56 Å².